The Hall–Kier alpha value is -5.13. The van der Waals surface area contributed by atoms with Crippen LogP contribution in [0.3, 0.4) is 0 Å². The van der Waals surface area contributed by atoms with Crippen molar-refractivity contribution >= 4 is 28.8 Å². The molecule has 210 valence electrons. The van der Waals surface area contributed by atoms with Crippen molar-refractivity contribution in [3.05, 3.63) is 77.6 Å². The number of pyridine rings is 1. The molecule has 1 saturated heterocycles. The minimum absolute atomic E-state index is 0.223. The molecule has 2 aromatic heterocycles. The molecule has 2 N–H and O–H groups in total. The molecule has 1 fully saturated rings. The van der Waals surface area contributed by atoms with Crippen LogP contribution in [0.1, 0.15) is 26.3 Å². The topological polar surface area (TPSA) is 137 Å². The third-order valence-corrected chi connectivity index (χ3v) is 7.20. The Labute approximate surface area is 235 Å². The average Bonchev–Trinajstić information content (AvgIpc) is 3.56. The van der Waals surface area contributed by atoms with E-state index in [0.717, 1.165) is 11.1 Å². The third-order valence-electron chi connectivity index (χ3n) is 7.20. The maximum absolute atomic E-state index is 13.5. The van der Waals surface area contributed by atoms with Crippen LogP contribution in [0, 0.1) is 0 Å². The number of likely N-dealkylation sites (tertiary alicyclic amines) is 1. The fourth-order valence-electron chi connectivity index (χ4n) is 4.96. The molecule has 41 heavy (non-hydrogen) atoms. The lowest BCUT2D eigenvalue weighted by molar-refractivity contribution is -0.123. The van der Waals surface area contributed by atoms with E-state index in [1.54, 1.807) is 53.2 Å². The maximum Gasteiger partial charge on any atom is 0.258 e. The van der Waals surface area contributed by atoms with E-state index >= 15 is 0 Å². The summed E-state index contributed by atoms with van der Waals surface area (Å²) >= 11 is 0. The molecule has 0 radical (unpaired) electrons. The van der Waals surface area contributed by atoms with E-state index in [9.17, 15) is 14.4 Å². The Balaban J connectivity index is 1.30. The molecule has 4 aromatic rings. The van der Waals surface area contributed by atoms with Crippen molar-refractivity contribution in [3.8, 4) is 17.2 Å². The number of amides is 3. The summed E-state index contributed by atoms with van der Waals surface area (Å²) in [6, 6.07) is 13.3. The van der Waals surface area contributed by atoms with E-state index < -0.39 is 12.1 Å². The van der Waals surface area contributed by atoms with Crippen molar-refractivity contribution in [3.63, 3.8) is 0 Å². The number of benzene rings is 2. The van der Waals surface area contributed by atoms with Crippen molar-refractivity contribution in [2.75, 3.05) is 26.8 Å². The van der Waals surface area contributed by atoms with Crippen LogP contribution in [0.25, 0.3) is 11.0 Å². The summed E-state index contributed by atoms with van der Waals surface area (Å²) in [5.74, 6) is 0.310. The molecule has 3 aliphatic rings. The van der Waals surface area contributed by atoms with Gasteiger partial charge in [-0.2, -0.15) is 5.10 Å². The highest BCUT2D eigenvalue weighted by Gasteiger charge is 2.38. The third kappa shape index (κ3) is 5.36. The molecule has 12 heteroatoms. The van der Waals surface area contributed by atoms with Gasteiger partial charge in [-0.25, -0.2) is 0 Å². The molecule has 2 atom stereocenters. The number of carbonyl (C=O) groups is 3. The first kappa shape index (κ1) is 26.1. The van der Waals surface area contributed by atoms with Crippen molar-refractivity contribution in [2.24, 2.45) is 7.05 Å². The number of methoxy groups -OCH3 is 1. The highest BCUT2D eigenvalue weighted by atomic mass is 16.5. The van der Waals surface area contributed by atoms with Gasteiger partial charge in [0.2, 0.25) is 0 Å². The van der Waals surface area contributed by atoms with E-state index in [1.807, 2.05) is 12.1 Å². The smallest absolute Gasteiger partial charge is 0.258 e. The average molecular weight is 557 g/mol. The summed E-state index contributed by atoms with van der Waals surface area (Å²) in [5.41, 5.74) is 3.05. The van der Waals surface area contributed by atoms with Crippen LogP contribution in [0.2, 0.25) is 0 Å². The minimum Gasteiger partial charge on any atom is -0.493 e. The zero-order chi connectivity index (χ0) is 28.5. The van der Waals surface area contributed by atoms with Gasteiger partial charge in [-0.05, 0) is 42.0 Å². The number of carbonyl (C=O) groups excluding carboxylic acids is 3. The number of ether oxygens (including phenoxy) is 3. The SMILES string of the molecule is COc1ccc2cc1OCC(=O)NCc1ccc(cc1)O[C@H]1CN(C(=O)c3cnc4cnn(C)c4c3)C[C@@H]1NC2=O. The quantitative estimate of drug-likeness (QED) is 0.381. The van der Waals surface area contributed by atoms with Crippen LogP contribution in [0.15, 0.2) is 60.9 Å². The van der Waals surface area contributed by atoms with Crippen molar-refractivity contribution in [1.29, 1.82) is 0 Å². The van der Waals surface area contributed by atoms with Gasteiger partial charge in [-0.1, -0.05) is 12.1 Å². The maximum atomic E-state index is 13.5. The van der Waals surface area contributed by atoms with Gasteiger partial charge in [0.15, 0.2) is 18.1 Å². The summed E-state index contributed by atoms with van der Waals surface area (Å²) in [7, 11) is 3.27. The van der Waals surface area contributed by atoms with Crippen LogP contribution in [-0.4, -0.2) is 76.3 Å². The number of aromatic nitrogens is 3. The van der Waals surface area contributed by atoms with E-state index in [1.165, 1.54) is 19.4 Å². The fourth-order valence-corrected chi connectivity index (χ4v) is 4.96. The molecular formula is C29H28N6O6. The second-order valence-corrected chi connectivity index (χ2v) is 9.92. The van der Waals surface area contributed by atoms with E-state index in [-0.39, 0.29) is 43.2 Å². The van der Waals surface area contributed by atoms with E-state index in [2.05, 4.69) is 20.7 Å². The van der Waals surface area contributed by atoms with Gasteiger partial charge in [0.25, 0.3) is 17.7 Å². The predicted molar refractivity (Wildman–Crippen MR) is 147 cm³/mol. The highest BCUT2D eigenvalue weighted by molar-refractivity contribution is 5.97. The molecule has 7 rings (SSSR count). The summed E-state index contributed by atoms with van der Waals surface area (Å²) in [4.78, 5) is 45.3. The summed E-state index contributed by atoms with van der Waals surface area (Å²) in [5, 5.41) is 10.0. The molecular weight excluding hydrogens is 528 g/mol. The lowest BCUT2D eigenvalue weighted by Crippen LogP contribution is -2.45. The largest absolute Gasteiger partial charge is 0.493 e. The lowest BCUT2D eigenvalue weighted by atomic mass is 10.1. The molecule has 3 aliphatic heterocycles. The number of fused-ring (bicyclic) bond motifs is 8. The number of hydrogen-bond donors (Lipinski definition) is 2. The number of nitrogens with zero attached hydrogens (tertiary/aromatic N) is 4. The summed E-state index contributed by atoms with van der Waals surface area (Å²) in [6.07, 6.45) is 2.66. The molecule has 2 aromatic carbocycles. The Morgan fingerprint density at radius 2 is 1.90 bits per heavy atom. The second kappa shape index (κ2) is 10.8. The van der Waals surface area contributed by atoms with Gasteiger partial charge >= 0.3 is 0 Å². The van der Waals surface area contributed by atoms with Crippen molar-refractivity contribution < 1.29 is 28.6 Å². The van der Waals surface area contributed by atoms with E-state index in [0.29, 0.717) is 34.7 Å². The molecule has 4 bridgehead atoms. The molecule has 12 nitrogen and oxygen atoms in total. The van der Waals surface area contributed by atoms with E-state index in [4.69, 9.17) is 14.2 Å². The monoisotopic (exact) mass is 556 g/mol. The van der Waals surface area contributed by atoms with Crippen molar-refractivity contribution in [1.82, 2.24) is 30.3 Å². The highest BCUT2D eigenvalue weighted by Crippen LogP contribution is 2.29. The van der Waals surface area contributed by atoms with Crippen LogP contribution in [0.4, 0.5) is 0 Å². The molecule has 0 aliphatic carbocycles. The lowest BCUT2D eigenvalue weighted by Gasteiger charge is -2.21. The Bertz CT molecular complexity index is 1630. The number of rotatable bonds is 2. The second-order valence-electron chi connectivity index (χ2n) is 9.92. The first-order valence-corrected chi connectivity index (χ1v) is 13.1. The molecule has 5 heterocycles. The molecule has 0 unspecified atom stereocenters. The normalized spacial score (nSPS) is 19.0. The zero-order valence-electron chi connectivity index (χ0n) is 22.5. The van der Waals surface area contributed by atoms with Crippen LogP contribution < -0.4 is 24.8 Å². The van der Waals surface area contributed by atoms with Crippen LogP contribution in [0.5, 0.6) is 17.2 Å². The first-order chi connectivity index (χ1) is 19.9. The standard InChI is InChI=1S/C29H28N6O6/c1-34-23-9-19(12-30-21(23)13-32-34)29(38)35-14-22-26(15-35)41-20-6-3-17(4-7-20)11-31-27(36)16-40-25-10-18(28(37)33-22)5-8-24(25)39-2/h3-10,12-13,22,26H,11,14-16H2,1-2H3,(H,31,36)(H,33,37)/t22-,26-/m0/s1. The summed E-state index contributed by atoms with van der Waals surface area (Å²) in [6.45, 7) is 0.545. The Morgan fingerprint density at radius 1 is 1.07 bits per heavy atom. The van der Waals surface area contributed by atoms with Gasteiger partial charge in [-0.3, -0.25) is 24.0 Å². The summed E-state index contributed by atoms with van der Waals surface area (Å²) < 4.78 is 19.0. The van der Waals surface area contributed by atoms with Crippen molar-refractivity contribution in [2.45, 2.75) is 18.7 Å². The Morgan fingerprint density at radius 3 is 2.71 bits per heavy atom. The number of hydrogen-bond acceptors (Lipinski definition) is 8. The molecule has 3 amide bonds. The van der Waals surface area contributed by atoms with Gasteiger partial charge in [0.1, 0.15) is 17.4 Å². The predicted octanol–water partition coefficient (Wildman–Crippen LogP) is 1.69. The number of aryl methyl sites for hydroxylation is 1. The Kier molecular flexibility index (Phi) is 6.88. The molecule has 0 spiro atoms. The van der Waals surface area contributed by atoms with Gasteiger partial charge in [-0.15, -0.1) is 0 Å². The molecule has 0 saturated carbocycles. The van der Waals surface area contributed by atoms with Gasteiger partial charge < -0.3 is 29.7 Å². The minimum atomic E-state index is -0.522. The number of nitrogens with one attached hydrogen (secondary N) is 2. The van der Waals surface area contributed by atoms with Crippen LogP contribution in [-0.2, 0) is 18.4 Å². The van der Waals surface area contributed by atoms with Gasteiger partial charge in [0, 0.05) is 31.9 Å². The van der Waals surface area contributed by atoms with Gasteiger partial charge in [0.05, 0.1) is 37.0 Å². The van der Waals surface area contributed by atoms with Crippen LogP contribution >= 0.6 is 0 Å². The first-order valence-electron chi connectivity index (χ1n) is 13.1. The zero-order valence-corrected chi connectivity index (χ0v) is 22.5. The fraction of sp³-hybridized carbons (Fsp3) is 0.276.